The van der Waals surface area contributed by atoms with Crippen LogP contribution < -0.4 is 0 Å². The summed E-state index contributed by atoms with van der Waals surface area (Å²) in [6.07, 6.45) is 4.79. The number of rotatable bonds is 5. The van der Waals surface area contributed by atoms with Crippen molar-refractivity contribution in [1.82, 2.24) is 4.90 Å². The molecule has 2 saturated heterocycles. The van der Waals surface area contributed by atoms with Crippen molar-refractivity contribution in [3.63, 3.8) is 0 Å². The molecule has 3 aliphatic rings. The van der Waals surface area contributed by atoms with E-state index in [1.165, 1.54) is 7.11 Å². The van der Waals surface area contributed by atoms with Gasteiger partial charge < -0.3 is 14.2 Å². The maximum atomic E-state index is 12.3. The number of ether oxygens (including phenoxy) is 3. The van der Waals surface area contributed by atoms with Crippen LogP contribution in [0, 0.1) is 11.8 Å². The van der Waals surface area contributed by atoms with E-state index in [1.54, 1.807) is 12.2 Å². The maximum Gasteiger partial charge on any atom is 0.331 e. The zero-order valence-electron chi connectivity index (χ0n) is 12.3. The topological polar surface area (TPSA) is 99.2 Å². The van der Waals surface area contributed by atoms with Gasteiger partial charge in [-0.2, -0.15) is 0 Å². The molecule has 0 aromatic carbocycles. The molecule has 0 aromatic heterocycles. The molecule has 8 heteroatoms. The number of hydrogen-bond donors (Lipinski definition) is 0. The number of hydrogen-bond acceptors (Lipinski definition) is 7. The summed E-state index contributed by atoms with van der Waals surface area (Å²) in [5, 5.41) is 0. The summed E-state index contributed by atoms with van der Waals surface area (Å²) in [6.45, 7) is -0.146. The van der Waals surface area contributed by atoms with Crippen molar-refractivity contribution in [2.24, 2.45) is 11.8 Å². The lowest BCUT2D eigenvalue weighted by Crippen LogP contribution is -2.37. The fourth-order valence-corrected chi connectivity index (χ4v) is 3.08. The predicted molar refractivity (Wildman–Crippen MR) is 73.6 cm³/mol. The highest BCUT2D eigenvalue weighted by Gasteiger charge is 2.60. The van der Waals surface area contributed by atoms with Gasteiger partial charge in [-0.1, -0.05) is 12.2 Å². The SMILES string of the molecule is COC(=O)/C=C/C(=O)OCCN1C(=O)C2C3C=CC(O3)C2C1=O. The molecule has 4 unspecified atom stereocenters. The summed E-state index contributed by atoms with van der Waals surface area (Å²) in [6, 6.07) is 0. The minimum atomic E-state index is -0.750. The van der Waals surface area contributed by atoms with Gasteiger partial charge in [0.1, 0.15) is 6.61 Å². The van der Waals surface area contributed by atoms with E-state index in [4.69, 9.17) is 9.47 Å². The Kier molecular flexibility index (Phi) is 3.99. The van der Waals surface area contributed by atoms with Gasteiger partial charge >= 0.3 is 11.9 Å². The predicted octanol–water partition coefficient (Wildman–Crippen LogP) is -0.803. The minimum Gasteiger partial charge on any atom is -0.466 e. The second-order valence-electron chi connectivity index (χ2n) is 5.35. The zero-order chi connectivity index (χ0) is 16.6. The number of amides is 2. The first-order valence-corrected chi connectivity index (χ1v) is 7.14. The molecule has 0 radical (unpaired) electrons. The Bertz CT molecular complexity index is 593. The van der Waals surface area contributed by atoms with Crippen LogP contribution in [0.3, 0.4) is 0 Å². The highest BCUT2D eigenvalue weighted by molar-refractivity contribution is 6.06. The molecule has 3 heterocycles. The van der Waals surface area contributed by atoms with Gasteiger partial charge in [0.15, 0.2) is 0 Å². The molecular formula is C15H15NO7. The van der Waals surface area contributed by atoms with Gasteiger partial charge in [-0.05, 0) is 0 Å². The molecule has 0 N–H and O–H groups in total. The van der Waals surface area contributed by atoms with Crippen molar-refractivity contribution in [3.05, 3.63) is 24.3 Å². The van der Waals surface area contributed by atoms with Crippen LogP contribution in [0.2, 0.25) is 0 Å². The molecule has 122 valence electrons. The van der Waals surface area contributed by atoms with Gasteiger partial charge in [-0.15, -0.1) is 0 Å². The summed E-state index contributed by atoms with van der Waals surface area (Å²) in [4.78, 5) is 47.9. The number of likely N-dealkylation sites (tertiary alicyclic amines) is 1. The molecule has 0 aromatic rings. The highest BCUT2D eigenvalue weighted by Crippen LogP contribution is 2.44. The Morgan fingerprint density at radius 1 is 1.13 bits per heavy atom. The van der Waals surface area contributed by atoms with Crippen molar-refractivity contribution < 1.29 is 33.4 Å². The van der Waals surface area contributed by atoms with E-state index in [0.717, 1.165) is 17.1 Å². The van der Waals surface area contributed by atoms with Crippen LogP contribution in [0.25, 0.3) is 0 Å². The van der Waals surface area contributed by atoms with Crippen LogP contribution in [-0.2, 0) is 33.4 Å². The first-order valence-electron chi connectivity index (χ1n) is 7.14. The Morgan fingerprint density at radius 2 is 1.70 bits per heavy atom. The number of carbonyl (C=O) groups excluding carboxylic acids is 4. The fourth-order valence-electron chi connectivity index (χ4n) is 3.08. The average molecular weight is 321 g/mol. The van der Waals surface area contributed by atoms with Gasteiger partial charge in [0.2, 0.25) is 11.8 Å². The van der Waals surface area contributed by atoms with Crippen LogP contribution in [0.4, 0.5) is 0 Å². The normalized spacial score (nSPS) is 31.1. The molecule has 3 rings (SSSR count). The third-order valence-corrected chi connectivity index (χ3v) is 4.12. The Hall–Kier alpha value is -2.48. The largest absolute Gasteiger partial charge is 0.466 e. The molecule has 23 heavy (non-hydrogen) atoms. The monoisotopic (exact) mass is 321 g/mol. The lowest BCUT2D eigenvalue weighted by atomic mass is 9.85. The highest BCUT2D eigenvalue weighted by atomic mass is 16.5. The number of carbonyl (C=O) groups is 4. The summed E-state index contributed by atoms with van der Waals surface area (Å²) in [5.41, 5.74) is 0. The minimum absolute atomic E-state index is 0.0120. The first kappa shape index (κ1) is 15.4. The van der Waals surface area contributed by atoms with Crippen LogP contribution in [-0.4, -0.2) is 61.1 Å². The van der Waals surface area contributed by atoms with Gasteiger partial charge in [0, 0.05) is 12.2 Å². The van der Waals surface area contributed by atoms with Gasteiger partial charge in [-0.25, -0.2) is 9.59 Å². The number of esters is 2. The molecule has 0 spiro atoms. The summed E-state index contributed by atoms with van der Waals surface area (Å²) < 4.78 is 14.7. The third-order valence-electron chi connectivity index (χ3n) is 4.12. The van der Waals surface area contributed by atoms with Crippen molar-refractivity contribution >= 4 is 23.8 Å². The molecule has 2 amide bonds. The molecule has 4 atom stereocenters. The molecular weight excluding hydrogens is 306 g/mol. The maximum absolute atomic E-state index is 12.3. The van der Waals surface area contributed by atoms with Crippen LogP contribution >= 0.6 is 0 Å². The van der Waals surface area contributed by atoms with Crippen molar-refractivity contribution in [2.75, 3.05) is 20.3 Å². The fraction of sp³-hybridized carbons (Fsp3) is 0.467. The smallest absolute Gasteiger partial charge is 0.331 e. The first-order chi connectivity index (χ1) is 11.0. The van der Waals surface area contributed by atoms with Crippen molar-refractivity contribution in [2.45, 2.75) is 12.2 Å². The second-order valence-corrected chi connectivity index (χ2v) is 5.35. The molecule has 2 bridgehead atoms. The van der Waals surface area contributed by atoms with Crippen LogP contribution in [0.15, 0.2) is 24.3 Å². The van der Waals surface area contributed by atoms with Gasteiger partial charge in [-0.3, -0.25) is 14.5 Å². The van der Waals surface area contributed by atoms with E-state index < -0.39 is 23.8 Å². The zero-order valence-corrected chi connectivity index (χ0v) is 12.3. The Balaban J connectivity index is 1.51. The number of nitrogens with zero attached hydrogens (tertiary/aromatic N) is 1. The van der Waals surface area contributed by atoms with E-state index in [1.807, 2.05) is 0 Å². The number of fused-ring (bicyclic) bond motifs is 5. The average Bonchev–Trinajstić information content (AvgIpc) is 3.21. The number of imide groups is 1. The number of methoxy groups -OCH3 is 1. The Morgan fingerprint density at radius 3 is 2.26 bits per heavy atom. The van der Waals surface area contributed by atoms with E-state index in [0.29, 0.717) is 0 Å². The van der Waals surface area contributed by atoms with Crippen molar-refractivity contribution in [3.8, 4) is 0 Å². The quantitative estimate of drug-likeness (QED) is 0.283. The molecule has 2 fully saturated rings. The van der Waals surface area contributed by atoms with Crippen LogP contribution in [0.1, 0.15) is 0 Å². The van der Waals surface area contributed by atoms with E-state index >= 15 is 0 Å². The lowest BCUT2D eigenvalue weighted by molar-refractivity contribution is -0.147. The summed E-state index contributed by atoms with van der Waals surface area (Å²) >= 11 is 0. The lowest BCUT2D eigenvalue weighted by Gasteiger charge is -2.17. The van der Waals surface area contributed by atoms with E-state index in [9.17, 15) is 19.2 Å². The summed E-state index contributed by atoms with van der Waals surface area (Å²) in [5.74, 6) is -2.95. The van der Waals surface area contributed by atoms with Gasteiger partial charge in [0.25, 0.3) is 0 Å². The second kappa shape index (κ2) is 5.96. The molecule has 0 saturated carbocycles. The molecule has 0 aliphatic carbocycles. The molecule has 8 nitrogen and oxygen atoms in total. The summed E-state index contributed by atoms with van der Waals surface area (Å²) in [7, 11) is 1.19. The van der Waals surface area contributed by atoms with E-state index in [-0.39, 0.29) is 37.2 Å². The van der Waals surface area contributed by atoms with Crippen molar-refractivity contribution in [1.29, 1.82) is 0 Å². The van der Waals surface area contributed by atoms with Crippen LogP contribution in [0.5, 0.6) is 0 Å². The molecule has 3 aliphatic heterocycles. The Labute approximate surface area is 131 Å². The van der Waals surface area contributed by atoms with Gasteiger partial charge in [0.05, 0.1) is 37.7 Å². The standard InChI is InChI=1S/C15H15NO7/c1-21-10(17)4-5-11(18)22-7-6-16-14(19)12-8-2-3-9(23-8)13(12)15(16)20/h2-5,8-9,12-13H,6-7H2,1H3/b5-4+. The van der Waals surface area contributed by atoms with E-state index in [2.05, 4.69) is 4.74 Å². The third kappa shape index (κ3) is 2.65.